The summed E-state index contributed by atoms with van der Waals surface area (Å²) in [7, 11) is 0. The molecule has 132 valence electrons. The highest BCUT2D eigenvalue weighted by Gasteiger charge is 2.42. The first-order valence-electron chi connectivity index (χ1n) is 7.50. The molecule has 1 aromatic heterocycles. The van der Waals surface area contributed by atoms with E-state index >= 15 is 0 Å². The minimum Gasteiger partial charge on any atom is -0.448 e. The van der Waals surface area contributed by atoms with Gasteiger partial charge in [0, 0.05) is 13.0 Å². The maximum atomic E-state index is 12.9. The van der Waals surface area contributed by atoms with Crippen LogP contribution in [0.3, 0.4) is 0 Å². The fraction of sp³-hybridized carbons (Fsp3) is 0.692. The van der Waals surface area contributed by atoms with Gasteiger partial charge in [-0.05, 0) is 6.42 Å². The van der Waals surface area contributed by atoms with Gasteiger partial charge in [-0.1, -0.05) is 0 Å². The molecule has 24 heavy (non-hydrogen) atoms. The number of nitrogens with one attached hydrogen (secondary N) is 1. The first-order valence-corrected chi connectivity index (χ1v) is 7.50. The lowest BCUT2D eigenvalue weighted by Gasteiger charge is -2.26. The SMILES string of the molecule is O=C(CN1CCOC1=O)NCc1nnc2n1C[C@H](C(F)(F)F)CC2. The van der Waals surface area contributed by atoms with Gasteiger partial charge in [0.05, 0.1) is 19.0 Å². The zero-order valence-corrected chi connectivity index (χ0v) is 12.7. The van der Waals surface area contributed by atoms with E-state index in [2.05, 4.69) is 15.5 Å². The molecule has 1 atom stereocenters. The lowest BCUT2D eigenvalue weighted by atomic mass is 9.99. The van der Waals surface area contributed by atoms with E-state index in [0.717, 1.165) is 0 Å². The Hall–Kier alpha value is -2.33. The number of alkyl halides is 3. The summed E-state index contributed by atoms with van der Waals surface area (Å²) in [6.07, 6.45) is -4.63. The Kier molecular flexibility index (Phi) is 4.33. The molecule has 0 saturated carbocycles. The van der Waals surface area contributed by atoms with Crippen LogP contribution in [0, 0.1) is 5.92 Å². The summed E-state index contributed by atoms with van der Waals surface area (Å²) in [6, 6.07) is 0. The van der Waals surface area contributed by atoms with Gasteiger partial charge in [0.15, 0.2) is 5.82 Å². The number of nitrogens with zero attached hydrogens (tertiary/aromatic N) is 4. The molecule has 2 aliphatic rings. The lowest BCUT2D eigenvalue weighted by Crippen LogP contribution is -2.38. The van der Waals surface area contributed by atoms with Crippen molar-refractivity contribution in [2.24, 2.45) is 5.92 Å². The van der Waals surface area contributed by atoms with E-state index in [0.29, 0.717) is 12.4 Å². The average Bonchev–Trinajstić information content (AvgIpc) is 3.10. The number of hydrogen-bond acceptors (Lipinski definition) is 5. The number of aryl methyl sites for hydroxylation is 1. The van der Waals surface area contributed by atoms with Gasteiger partial charge >= 0.3 is 12.3 Å². The van der Waals surface area contributed by atoms with Crippen LogP contribution >= 0.6 is 0 Å². The largest absolute Gasteiger partial charge is 0.448 e. The monoisotopic (exact) mass is 347 g/mol. The number of ether oxygens (including phenoxy) is 1. The number of halogens is 3. The van der Waals surface area contributed by atoms with Crippen LogP contribution in [0.5, 0.6) is 0 Å². The minimum absolute atomic E-state index is 0.00887. The van der Waals surface area contributed by atoms with E-state index in [1.165, 1.54) is 9.47 Å². The van der Waals surface area contributed by atoms with E-state index in [1.807, 2.05) is 0 Å². The van der Waals surface area contributed by atoms with Crippen molar-refractivity contribution in [2.75, 3.05) is 19.7 Å². The summed E-state index contributed by atoms with van der Waals surface area (Å²) in [5, 5.41) is 10.3. The summed E-state index contributed by atoms with van der Waals surface area (Å²) >= 11 is 0. The molecule has 3 heterocycles. The van der Waals surface area contributed by atoms with Crippen molar-refractivity contribution in [2.45, 2.75) is 32.1 Å². The van der Waals surface area contributed by atoms with E-state index in [9.17, 15) is 22.8 Å². The Morgan fingerprint density at radius 3 is 2.83 bits per heavy atom. The molecular formula is C13H16F3N5O3. The van der Waals surface area contributed by atoms with Gasteiger partial charge in [0.1, 0.15) is 19.0 Å². The molecule has 0 unspecified atom stereocenters. The number of rotatable bonds is 4. The number of amides is 2. The highest BCUT2D eigenvalue weighted by atomic mass is 19.4. The van der Waals surface area contributed by atoms with Crippen LogP contribution in [0.4, 0.5) is 18.0 Å². The minimum atomic E-state index is -4.27. The van der Waals surface area contributed by atoms with Crippen LogP contribution in [0.1, 0.15) is 18.1 Å². The molecule has 3 rings (SSSR count). The van der Waals surface area contributed by atoms with E-state index in [4.69, 9.17) is 4.74 Å². The fourth-order valence-corrected chi connectivity index (χ4v) is 2.76. The quantitative estimate of drug-likeness (QED) is 0.855. The Labute approximate surface area is 135 Å². The summed E-state index contributed by atoms with van der Waals surface area (Å²) in [6.45, 7) is 0.127. The van der Waals surface area contributed by atoms with Crippen molar-refractivity contribution in [3.05, 3.63) is 11.6 Å². The zero-order chi connectivity index (χ0) is 17.3. The second-order valence-corrected chi connectivity index (χ2v) is 5.73. The van der Waals surface area contributed by atoms with E-state index < -0.39 is 24.1 Å². The molecule has 0 bridgehead atoms. The third-order valence-corrected chi connectivity index (χ3v) is 4.11. The maximum absolute atomic E-state index is 12.9. The predicted molar refractivity (Wildman–Crippen MR) is 72.7 cm³/mol. The molecule has 11 heteroatoms. The molecule has 2 aliphatic heterocycles. The number of carbonyl (C=O) groups excluding carboxylic acids is 2. The second kappa shape index (κ2) is 6.29. The summed E-state index contributed by atoms with van der Waals surface area (Å²) in [4.78, 5) is 24.3. The number of hydrogen-bond donors (Lipinski definition) is 1. The molecule has 2 amide bonds. The molecule has 1 fully saturated rings. The Balaban J connectivity index is 1.58. The fourth-order valence-electron chi connectivity index (χ4n) is 2.76. The number of fused-ring (bicyclic) bond motifs is 1. The van der Waals surface area contributed by atoms with Crippen LogP contribution in [0.25, 0.3) is 0 Å². The van der Waals surface area contributed by atoms with E-state index in [1.54, 1.807) is 0 Å². The van der Waals surface area contributed by atoms with Gasteiger partial charge in [-0.3, -0.25) is 9.69 Å². The van der Waals surface area contributed by atoms with Crippen LogP contribution in [0.2, 0.25) is 0 Å². The van der Waals surface area contributed by atoms with Crippen LogP contribution in [-0.4, -0.2) is 57.5 Å². The van der Waals surface area contributed by atoms with Gasteiger partial charge in [-0.15, -0.1) is 10.2 Å². The Bertz CT molecular complexity index is 645. The van der Waals surface area contributed by atoms with E-state index in [-0.39, 0.29) is 44.9 Å². The molecule has 0 radical (unpaired) electrons. The molecule has 1 N–H and O–H groups in total. The Morgan fingerprint density at radius 1 is 1.38 bits per heavy atom. The first-order chi connectivity index (χ1) is 11.3. The summed E-state index contributed by atoms with van der Waals surface area (Å²) in [5.41, 5.74) is 0. The van der Waals surface area contributed by atoms with Gasteiger partial charge in [-0.2, -0.15) is 13.2 Å². The van der Waals surface area contributed by atoms with Crippen LogP contribution < -0.4 is 5.32 Å². The van der Waals surface area contributed by atoms with Gasteiger partial charge in [0.25, 0.3) is 0 Å². The molecule has 1 saturated heterocycles. The average molecular weight is 347 g/mol. The maximum Gasteiger partial charge on any atom is 0.410 e. The van der Waals surface area contributed by atoms with Crippen molar-refractivity contribution in [1.29, 1.82) is 0 Å². The molecule has 0 aromatic carbocycles. The zero-order valence-electron chi connectivity index (χ0n) is 12.7. The number of cyclic esters (lactones) is 1. The highest BCUT2D eigenvalue weighted by molar-refractivity contribution is 5.82. The van der Waals surface area contributed by atoms with Gasteiger partial charge < -0.3 is 14.6 Å². The first kappa shape index (κ1) is 16.5. The number of carbonyl (C=O) groups is 2. The molecule has 8 nitrogen and oxygen atoms in total. The standard InChI is InChI=1S/C13H16F3N5O3/c14-13(15,16)8-1-2-9-18-19-10(21(9)6-8)5-17-11(22)7-20-3-4-24-12(20)23/h8H,1-7H2,(H,17,22)/t8-/m1/s1. The van der Waals surface area contributed by atoms with Gasteiger partial charge in [-0.25, -0.2) is 4.79 Å². The van der Waals surface area contributed by atoms with Crippen molar-refractivity contribution in [1.82, 2.24) is 25.0 Å². The summed E-state index contributed by atoms with van der Waals surface area (Å²) in [5.74, 6) is -1.11. The third kappa shape index (κ3) is 3.44. The van der Waals surface area contributed by atoms with Gasteiger partial charge in [0.2, 0.25) is 5.91 Å². The molecule has 1 aromatic rings. The molecule has 0 spiro atoms. The van der Waals surface area contributed by atoms with Crippen molar-refractivity contribution < 1.29 is 27.5 Å². The molecule has 0 aliphatic carbocycles. The Morgan fingerprint density at radius 2 is 2.17 bits per heavy atom. The smallest absolute Gasteiger partial charge is 0.410 e. The van der Waals surface area contributed by atoms with Crippen LogP contribution in [0.15, 0.2) is 0 Å². The van der Waals surface area contributed by atoms with Crippen LogP contribution in [-0.2, 0) is 29.0 Å². The second-order valence-electron chi connectivity index (χ2n) is 5.73. The van der Waals surface area contributed by atoms with Crippen molar-refractivity contribution >= 4 is 12.0 Å². The third-order valence-electron chi connectivity index (χ3n) is 4.11. The normalized spacial score (nSPS) is 20.7. The highest BCUT2D eigenvalue weighted by Crippen LogP contribution is 2.34. The topological polar surface area (TPSA) is 89.3 Å². The molecular weight excluding hydrogens is 331 g/mol. The van der Waals surface area contributed by atoms with Crippen molar-refractivity contribution in [3.8, 4) is 0 Å². The predicted octanol–water partition coefficient (Wildman–Crippen LogP) is 0.471. The lowest BCUT2D eigenvalue weighted by molar-refractivity contribution is -0.182. The van der Waals surface area contributed by atoms with Crippen molar-refractivity contribution in [3.63, 3.8) is 0 Å². The summed E-state index contributed by atoms with van der Waals surface area (Å²) < 4.78 is 44.8. The number of aromatic nitrogens is 3.